The van der Waals surface area contributed by atoms with Crippen LogP contribution in [0, 0.1) is 22.2 Å². The van der Waals surface area contributed by atoms with Crippen LogP contribution in [0.3, 0.4) is 0 Å². The van der Waals surface area contributed by atoms with Gasteiger partial charge in [0, 0.05) is 35.5 Å². The number of fused-ring (bicyclic) bond motifs is 2. The Labute approximate surface area is 160 Å². The molecule has 5 atom stereocenters. The minimum Gasteiger partial charge on any atom is -0.389 e. The quantitative estimate of drug-likeness (QED) is 0.661. The highest BCUT2D eigenvalue weighted by molar-refractivity contribution is 5.55. The Morgan fingerprint density at radius 3 is 2.37 bits per heavy atom. The summed E-state index contributed by atoms with van der Waals surface area (Å²) in [6, 6.07) is 0. The van der Waals surface area contributed by atoms with E-state index in [0.717, 1.165) is 51.7 Å². The zero-order valence-corrected chi connectivity index (χ0v) is 16.2. The number of rotatable bonds is 0. The van der Waals surface area contributed by atoms with Gasteiger partial charge in [-0.05, 0) is 43.6 Å². The normalized spacial score (nSPS) is 53.6. The van der Waals surface area contributed by atoms with Crippen molar-refractivity contribution in [2.75, 3.05) is 26.4 Å². The van der Waals surface area contributed by atoms with Crippen molar-refractivity contribution in [1.82, 2.24) is 0 Å². The van der Waals surface area contributed by atoms with Crippen molar-refractivity contribution in [3.8, 4) is 0 Å². The molecule has 27 heavy (non-hydrogen) atoms. The monoisotopic (exact) mass is 374 g/mol. The van der Waals surface area contributed by atoms with Gasteiger partial charge in [0.05, 0.1) is 32.5 Å². The van der Waals surface area contributed by atoms with E-state index in [1.807, 2.05) is 0 Å². The van der Waals surface area contributed by atoms with Gasteiger partial charge < -0.3 is 24.1 Å². The summed E-state index contributed by atoms with van der Waals surface area (Å²) < 4.78 is 24.8. The highest BCUT2D eigenvalue weighted by atomic mass is 16.7. The molecule has 5 aliphatic carbocycles. The van der Waals surface area contributed by atoms with E-state index in [4.69, 9.17) is 18.9 Å². The maximum absolute atomic E-state index is 11.3. The number of aliphatic hydroxyl groups excluding tert-OH is 1. The Hall–Kier alpha value is -0.460. The highest BCUT2D eigenvalue weighted by Crippen LogP contribution is 2.87. The summed E-state index contributed by atoms with van der Waals surface area (Å²) in [5, 5.41) is 11.3. The predicted octanol–water partition coefficient (Wildman–Crippen LogP) is 2.91. The zero-order chi connectivity index (χ0) is 18.1. The second kappa shape index (κ2) is 4.65. The summed E-state index contributed by atoms with van der Waals surface area (Å²) in [4.78, 5) is 0. The molecule has 5 nitrogen and oxygen atoms in total. The van der Waals surface area contributed by atoms with Crippen LogP contribution in [-0.4, -0.2) is 49.2 Å². The van der Waals surface area contributed by atoms with Crippen molar-refractivity contribution < 1.29 is 24.1 Å². The molecule has 6 fully saturated rings. The van der Waals surface area contributed by atoms with Gasteiger partial charge in [-0.1, -0.05) is 12.5 Å². The lowest BCUT2D eigenvalue weighted by Gasteiger charge is -2.79. The van der Waals surface area contributed by atoms with Gasteiger partial charge in [-0.3, -0.25) is 0 Å². The summed E-state index contributed by atoms with van der Waals surface area (Å²) in [6.07, 6.45) is 7.99. The molecule has 0 aromatic rings. The van der Waals surface area contributed by atoms with E-state index in [1.54, 1.807) is 5.57 Å². The fourth-order valence-electron chi connectivity index (χ4n) is 9.23. The molecule has 0 aromatic heterocycles. The number of hydrogen-bond donors (Lipinski definition) is 1. The Bertz CT molecular complexity index is 748. The first-order valence-electron chi connectivity index (χ1n) is 11.0. The first-order chi connectivity index (χ1) is 13.0. The van der Waals surface area contributed by atoms with E-state index < -0.39 is 5.79 Å². The third-order valence-electron chi connectivity index (χ3n) is 10.0. The third kappa shape index (κ3) is 1.49. The Morgan fingerprint density at radius 2 is 1.67 bits per heavy atom. The highest BCUT2D eigenvalue weighted by Gasteiger charge is 2.82. The predicted molar refractivity (Wildman–Crippen MR) is 95.7 cm³/mol. The molecule has 0 bridgehead atoms. The van der Waals surface area contributed by atoms with Crippen molar-refractivity contribution in [1.29, 1.82) is 0 Å². The molecule has 4 saturated carbocycles. The number of allylic oxidation sites excluding steroid dienone is 1. The van der Waals surface area contributed by atoms with E-state index in [-0.39, 0.29) is 28.1 Å². The summed E-state index contributed by atoms with van der Waals surface area (Å²) in [6.45, 7) is 5.17. The Balaban J connectivity index is 1.36. The van der Waals surface area contributed by atoms with Gasteiger partial charge in [0.1, 0.15) is 0 Å². The van der Waals surface area contributed by atoms with Gasteiger partial charge >= 0.3 is 0 Å². The van der Waals surface area contributed by atoms with Gasteiger partial charge in [-0.15, -0.1) is 0 Å². The molecule has 1 unspecified atom stereocenters. The van der Waals surface area contributed by atoms with Crippen molar-refractivity contribution in [3.63, 3.8) is 0 Å². The maximum Gasteiger partial charge on any atom is 0.174 e. The van der Waals surface area contributed by atoms with Gasteiger partial charge in [-0.2, -0.15) is 0 Å². The molecular formula is C22H30O5. The van der Waals surface area contributed by atoms with Crippen LogP contribution in [0.25, 0.3) is 0 Å². The van der Waals surface area contributed by atoms with E-state index >= 15 is 0 Å². The van der Waals surface area contributed by atoms with Crippen molar-refractivity contribution in [2.45, 2.75) is 76.0 Å². The zero-order valence-electron chi connectivity index (χ0n) is 16.2. The Morgan fingerprint density at radius 1 is 0.926 bits per heavy atom. The standard InChI is InChI=1S/C22H30O5/c1-18-12-15(23)17-14-2-4-20(24-8-9-25-20)13-19(14)6-7-21(17,19)16(18)3-5-22(18)26-10-11-27-22/h15-16,23H,2-13H2,1H3/t15-,16+,18-,19+,21?/m0/s1. The maximum atomic E-state index is 11.3. The first kappa shape index (κ1) is 16.3. The molecule has 7 rings (SSSR count). The molecule has 7 aliphatic rings. The molecule has 148 valence electrons. The largest absolute Gasteiger partial charge is 0.389 e. The lowest BCUT2D eigenvalue weighted by Crippen LogP contribution is -2.74. The molecular weight excluding hydrogens is 344 g/mol. The fourth-order valence-corrected chi connectivity index (χ4v) is 9.23. The van der Waals surface area contributed by atoms with E-state index in [2.05, 4.69) is 6.92 Å². The molecule has 4 spiro atoms. The average Bonchev–Trinajstić information content (AvgIpc) is 3.36. The minimum absolute atomic E-state index is 0.104. The van der Waals surface area contributed by atoms with Crippen molar-refractivity contribution in [2.24, 2.45) is 22.2 Å². The summed E-state index contributed by atoms with van der Waals surface area (Å²) in [7, 11) is 0. The molecule has 0 aromatic carbocycles. The lowest BCUT2D eigenvalue weighted by atomic mass is 9.25. The smallest absolute Gasteiger partial charge is 0.174 e. The van der Waals surface area contributed by atoms with Gasteiger partial charge in [-0.25, -0.2) is 0 Å². The second-order valence-corrected chi connectivity index (χ2v) is 10.4. The topological polar surface area (TPSA) is 57.2 Å². The van der Waals surface area contributed by atoms with Crippen molar-refractivity contribution in [3.05, 3.63) is 11.1 Å². The van der Waals surface area contributed by atoms with Crippen LogP contribution in [0.4, 0.5) is 0 Å². The second-order valence-electron chi connectivity index (χ2n) is 10.4. The fraction of sp³-hybridized carbons (Fsp3) is 0.909. The molecule has 0 radical (unpaired) electrons. The minimum atomic E-state index is -0.474. The molecule has 2 heterocycles. The SMILES string of the molecule is C[C@]12C[C@H](O)C3=C4CCC5(C[C@]46CCC36[C@@H]1CCC21OCCO1)OCCO5. The summed E-state index contributed by atoms with van der Waals surface area (Å²) >= 11 is 0. The molecule has 2 aliphatic heterocycles. The van der Waals surface area contributed by atoms with Crippen LogP contribution in [0.15, 0.2) is 11.1 Å². The van der Waals surface area contributed by atoms with Crippen LogP contribution in [0.2, 0.25) is 0 Å². The van der Waals surface area contributed by atoms with E-state index in [9.17, 15) is 5.11 Å². The van der Waals surface area contributed by atoms with Crippen molar-refractivity contribution >= 4 is 0 Å². The van der Waals surface area contributed by atoms with Crippen LogP contribution >= 0.6 is 0 Å². The molecule has 0 amide bonds. The first-order valence-corrected chi connectivity index (χ1v) is 11.0. The van der Waals surface area contributed by atoms with Gasteiger partial charge in [0.15, 0.2) is 11.6 Å². The average molecular weight is 374 g/mol. The van der Waals surface area contributed by atoms with Crippen LogP contribution in [0.1, 0.15) is 58.3 Å². The van der Waals surface area contributed by atoms with E-state index in [0.29, 0.717) is 19.1 Å². The van der Waals surface area contributed by atoms with Crippen LogP contribution in [-0.2, 0) is 18.9 Å². The summed E-state index contributed by atoms with van der Waals surface area (Å²) in [5.74, 6) is -0.300. The Kier molecular flexibility index (Phi) is 2.81. The lowest BCUT2D eigenvalue weighted by molar-refractivity contribution is -0.293. The molecule has 2 saturated heterocycles. The third-order valence-corrected chi connectivity index (χ3v) is 10.0. The van der Waals surface area contributed by atoms with E-state index in [1.165, 1.54) is 18.4 Å². The number of ether oxygens (including phenoxy) is 4. The van der Waals surface area contributed by atoms with Gasteiger partial charge in [0.25, 0.3) is 0 Å². The molecule has 5 heteroatoms. The number of hydrogen-bond acceptors (Lipinski definition) is 5. The summed E-state index contributed by atoms with van der Waals surface area (Å²) in [5.41, 5.74) is 3.22. The van der Waals surface area contributed by atoms with Crippen LogP contribution < -0.4 is 0 Å². The molecule has 1 N–H and O–H groups in total. The van der Waals surface area contributed by atoms with Crippen LogP contribution in [0.5, 0.6) is 0 Å². The van der Waals surface area contributed by atoms with Gasteiger partial charge in [0.2, 0.25) is 0 Å². The number of aliphatic hydroxyl groups is 1.